The molecule has 0 amide bonds. The van der Waals surface area contributed by atoms with Crippen molar-refractivity contribution in [1.82, 2.24) is 9.78 Å². The Morgan fingerprint density at radius 3 is 2.89 bits per heavy atom. The molecule has 1 aromatic carbocycles. The smallest absolute Gasteiger partial charge is 0.122 e. The third kappa shape index (κ3) is 1.83. The molecule has 0 fully saturated rings. The molecule has 4 nitrogen and oxygen atoms in total. The number of nitrogens with zero attached hydrogens (tertiary/aromatic N) is 3. The number of likely N-dealkylation sites (N-methyl/N-ethyl adjacent to an activating group) is 1. The number of nitrogen functional groups attached to an aromatic ring is 1. The second kappa shape index (κ2) is 4.05. The summed E-state index contributed by atoms with van der Waals surface area (Å²) in [5, 5.41) is 4.40. The van der Waals surface area contributed by atoms with E-state index in [9.17, 15) is 0 Å². The van der Waals surface area contributed by atoms with Crippen LogP contribution in [-0.2, 0) is 13.0 Å². The van der Waals surface area contributed by atoms with Crippen molar-refractivity contribution in [2.45, 2.75) is 19.9 Å². The number of nitrogens with two attached hydrogens (primary N) is 1. The molecule has 1 aliphatic heterocycles. The van der Waals surface area contributed by atoms with Crippen LogP contribution in [0.2, 0.25) is 0 Å². The minimum atomic E-state index is 0.727. The highest BCUT2D eigenvalue weighted by atomic mass is 15.3. The van der Waals surface area contributed by atoms with Crippen LogP contribution < -0.4 is 10.6 Å². The molecule has 2 N–H and O–H groups in total. The summed E-state index contributed by atoms with van der Waals surface area (Å²) in [7, 11) is 2.14. The Balaban J connectivity index is 1.88. The first kappa shape index (κ1) is 11.1. The first-order chi connectivity index (χ1) is 8.63. The zero-order valence-corrected chi connectivity index (χ0v) is 10.8. The van der Waals surface area contributed by atoms with Crippen molar-refractivity contribution in [1.29, 1.82) is 0 Å². The Labute approximate surface area is 107 Å². The van der Waals surface area contributed by atoms with Crippen LogP contribution in [0.4, 0.5) is 11.5 Å². The summed E-state index contributed by atoms with van der Waals surface area (Å²) < 4.78 is 1.86. The molecule has 2 heterocycles. The standard InChI is InChI=1S/C14H18N4/c1-10-7-14(15)18(16-10)9-11-3-4-13-12(8-11)5-6-17(13)2/h3-4,7-8H,5-6,9,15H2,1-2H3. The molecule has 18 heavy (non-hydrogen) atoms. The van der Waals surface area contributed by atoms with Gasteiger partial charge >= 0.3 is 0 Å². The second-order valence-corrected chi connectivity index (χ2v) is 5.00. The fraction of sp³-hybridized carbons (Fsp3) is 0.357. The van der Waals surface area contributed by atoms with E-state index < -0.39 is 0 Å². The minimum absolute atomic E-state index is 0.727. The van der Waals surface area contributed by atoms with Crippen molar-refractivity contribution in [3.8, 4) is 0 Å². The Hall–Kier alpha value is -1.97. The van der Waals surface area contributed by atoms with E-state index in [1.54, 1.807) is 0 Å². The predicted octanol–water partition coefficient (Wildman–Crippen LogP) is 1.81. The van der Waals surface area contributed by atoms with Crippen LogP contribution in [0.25, 0.3) is 0 Å². The van der Waals surface area contributed by atoms with E-state index in [0.717, 1.165) is 31.0 Å². The molecular formula is C14H18N4. The first-order valence-corrected chi connectivity index (χ1v) is 6.26. The molecule has 1 aliphatic rings. The summed E-state index contributed by atoms with van der Waals surface area (Å²) in [6, 6.07) is 8.54. The zero-order chi connectivity index (χ0) is 12.7. The summed E-state index contributed by atoms with van der Waals surface area (Å²) in [5.74, 6) is 0.727. The maximum Gasteiger partial charge on any atom is 0.122 e. The average molecular weight is 242 g/mol. The van der Waals surface area contributed by atoms with E-state index in [1.165, 1.54) is 16.8 Å². The van der Waals surface area contributed by atoms with Gasteiger partial charge in [0.15, 0.2) is 0 Å². The fourth-order valence-corrected chi connectivity index (χ4v) is 2.58. The molecule has 0 aliphatic carbocycles. The van der Waals surface area contributed by atoms with Crippen LogP contribution in [0.1, 0.15) is 16.8 Å². The molecule has 2 aromatic rings. The van der Waals surface area contributed by atoms with Gasteiger partial charge in [-0.2, -0.15) is 5.10 Å². The number of rotatable bonds is 2. The van der Waals surface area contributed by atoms with Gasteiger partial charge in [0, 0.05) is 25.3 Å². The molecule has 94 valence electrons. The van der Waals surface area contributed by atoms with Crippen LogP contribution in [0, 0.1) is 6.92 Å². The summed E-state index contributed by atoms with van der Waals surface area (Å²) in [6.07, 6.45) is 1.13. The lowest BCUT2D eigenvalue weighted by atomic mass is 10.1. The highest BCUT2D eigenvalue weighted by Gasteiger charge is 2.15. The van der Waals surface area contributed by atoms with E-state index >= 15 is 0 Å². The van der Waals surface area contributed by atoms with E-state index in [4.69, 9.17) is 5.73 Å². The molecule has 1 aromatic heterocycles. The quantitative estimate of drug-likeness (QED) is 0.873. The van der Waals surface area contributed by atoms with Gasteiger partial charge in [0.2, 0.25) is 0 Å². The lowest BCUT2D eigenvalue weighted by Crippen LogP contribution is -2.12. The van der Waals surface area contributed by atoms with Crippen molar-refractivity contribution in [2.24, 2.45) is 0 Å². The van der Waals surface area contributed by atoms with Gasteiger partial charge in [-0.15, -0.1) is 0 Å². The SMILES string of the molecule is Cc1cc(N)n(Cc2ccc3c(c2)CCN3C)n1. The molecule has 0 bridgehead atoms. The molecule has 0 unspecified atom stereocenters. The van der Waals surface area contributed by atoms with Gasteiger partial charge in [0.25, 0.3) is 0 Å². The second-order valence-electron chi connectivity index (χ2n) is 5.00. The van der Waals surface area contributed by atoms with E-state index in [0.29, 0.717) is 0 Å². The van der Waals surface area contributed by atoms with E-state index in [1.807, 2.05) is 17.7 Å². The van der Waals surface area contributed by atoms with Crippen molar-refractivity contribution in [2.75, 3.05) is 24.2 Å². The van der Waals surface area contributed by atoms with Gasteiger partial charge in [0.05, 0.1) is 12.2 Å². The lowest BCUT2D eigenvalue weighted by molar-refractivity contribution is 0.689. The third-order valence-electron chi connectivity index (χ3n) is 3.54. The van der Waals surface area contributed by atoms with Crippen LogP contribution in [0.15, 0.2) is 24.3 Å². The number of hydrogen-bond donors (Lipinski definition) is 1. The molecule has 0 spiro atoms. The topological polar surface area (TPSA) is 47.1 Å². The fourth-order valence-electron chi connectivity index (χ4n) is 2.58. The lowest BCUT2D eigenvalue weighted by Gasteiger charge is -2.12. The summed E-state index contributed by atoms with van der Waals surface area (Å²) in [5.41, 5.74) is 10.9. The van der Waals surface area contributed by atoms with Crippen molar-refractivity contribution >= 4 is 11.5 Å². The number of aryl methyl sites for hydroxylation is 1. The normalized spacial score (nSPS) is 14.0. The van der Waals surface area contributed by atoms with Crippen LogP contribution in [0.5, 0.6) is 0 Å². The van der Waals surface area contributed by atoms with Crippen molar-refractivity contribution in [3.63, 3.8) is 0 Å². The predicted molar refractivity (Wildman–Crippen MR) is 73.9 cm³/mol. The van der Waals surface area contributed by atoms with Gasteiger partial charge in [-0.05, 0) is 30.5 Å². The molecule has 0 radical (unpaired) electrons. The maximum absolute atomic E-state index is 5.92. The Bertz CT molecular complexity index is 585. The highest BCUT2D eigenvalue weighted by molar-refractivity contribution is 5.58. The van der Waals surface area contributed by atoms with Crippen LogP contribution in [-0.4, -0.2) is 23.4 Å². The first-order valence-electron chi connectivity index (χ1n) is 6.26. The van der Waals surface area contributed by atoms with Gasteiger partial charge in [-0.3, -0.25) is 0 Å². The molecule has 0 saturated carbocycles. The van der Waals surface area contributed by atoms with E-state index in [-0.39, 0.29) is 0 Å². The summed E-state index contributed by atoms with van der Waals surface area (Å²) in [6.45, 7) is 3.82. The number of benzene rings is 1. The minimum Gasteiger partial charge on any atom is -0.384 e. The van der Waals surface area contributed by atoms with Crippen LogP contribution >= 0.6 is 0 Å². The Morgan fingerprint density at radius 2 is 2.17 bits per heavy atom. The largest absolute Gasteiger partial charge is 0.384 e. The summed E-state index contributed by atoms with van der Waals surface area (Å²) in [4.78, 5) is 2.30. The number of aromatic nitrogens is 2. The highest BCUT2D eigenvalue weighted by Crippen LogP contribution is 2.27. The van der Waals surface area contributed by atoms with Gasteiger partial charge in [-0.25, -0.2) is 4.68 Å². The number of hydrogen-bond acceptors (Lipinski definition) is 3. The van der Waals surface area contributed by atoms with Crippen molar-refractivity contribution < 1.29 is 0 Å². The third-order valence-corrected chi connectivity index (χ3v) is 3.54. The number of fused-ring (bicyclic) bond motifs is 1. The maximum atomic E-state index is 5.92. The van der Waals surface area contributed by atoms with Gasteiger partial charge in [0.1, 0.15) is 5.82 Å². The van der Waals surface area contributed by atoms with Gasteiger partial charge in [-0.1, -0.05) is 12.1 Å². The summed E-state index contributed by atoms with van der Waals surface area (Å²) >= 11 is 0. The van der Waals surface area contributed by atoms with Gasteiger partial charge < -0.3 is 10.6 Å². The van der Waals surface area contributed by atoms with Crippen molar-refractivity contribution in [3.05, 3.63) is 41.1 Å². The molecular weight excluding hydrogens is 224 g/mol. The van der Waals surface area contributed by atoms with Crippen LogP contribution in [0.3, 0.4) is 0 Å². The zero-order valence-electron chi connectivity index (χ0n) is 10.8. The Morgan fingerprint density at radius 1 is 1.33 bits per heavy atom. The average Bonchev–Trinajstić information content (AvgIpc) is 2.84. The molecule has 0 saturated heterocycles. The molecule has 3 rings (SSSR count). The Kier molecular flexibility index (Phi) is 2.51. The van der Waals surface area contributed by atoms with E-state index in [2.05, 4.69) is 35.2 Å². The monoisotopic (exact) mass is 242 g/mol. The molecule has 0 atom stereocenters. The molecule has 4 heteroatoms. The number of anilines is 2.